The molecule has 1 N–H and O–H groups in total. The van der Waals surface area contributed by atoms with E-state index in [1.165, 1.54) is 18.2 Å². The lowest BCUT2D eigenvalue weighted by molar-refractivity contribution is 0.102. The fraction of sp³-hybridized carbons (Fsp3) is 0.0714. The first kappa shape index (κ1) is 14.3. The zero-order valence-electron chi connectivity index (χ0n) is 10.0. The summed E-state index contributed by atoms with van der Waals surface area (Å²) >= 11 is 7.96. The maximum absolute atomic E-state index is 13.0. The number of amides is 1. The molecule has 0 unspecified atom stereocenters. The zero-order chi connectivity index (χ0) is 14.0. The van der Waals surface area contributed by atoms with Crippen LogP contribution < -0.4 is 5.32 Å². The summed E-state index contributed by atoms with van der Waals surface area (Å²) in [5.41, 5.74) is 1.80. The fourth-order valence-corrected chi connectivity index (χ4v) is 2.42. The van der Waals surface area contributed by atoms with Crippen molar-refractivity contribution < 1.29 is 9.18 Å². The maximum Gasteiger partial charge on any atom is 0.256 e. The molecule has 0 atom stereocenters. The van der Waals surface area contributed by atoms with Crippen molar-refractivity contribution >= 4 is 45.8 Å². The Morgan fingerprint density at radius 2 is 2.05 bits per heavy atom. The minimum atomic E-state index is -0.332. The van der Waals surface area contributed by atoms with E-state index in [9.17, 15) is 9.18 Å². The fourth-order valence-electron chi connectivity index (χ4n) is 1.63. The predicted molar refractivity (Wildman–Crippen MR) is 83.3 cm³/mol. The first-order valence-corrected chi connectivity index (χ1v) is 6.96. The molecular formula is C14H10ClFINO. The number of halogens is 3. The van der Waals surface area contributed by atoms with Crippen LogP contribution in [0, 0.1) is 16.3 Å². The van der Waals surface area contributed by atoms with Crippen LogP contribution in [0.2, 0.25) is 5.02 Å². The Kier molecular flexibility index (Phi) is 4.42. The van der Waals surface area contributed by atoms with Gasteiger partial charge in [-0.15, -0.1) is 0 Å². The van der Waals surface area contributed by atoms with Gasteiger partial charge >= 0.3 is 0 Å². The van der Waals surface area contributed by atoms with Crippen molar-refractivity contribution in [1.82, 2.24) is 0 Å². The van der Waals surface area contributed by atoms with Gasteiger partial charge in [0.15, 0.2) is 0 Å². The topological polar surface area (TPSA) is 29.1 Å². The number of nitrogens with one attached hydrogen (secondary N) is 1. The van der Waals surface area contributed by atoms with Gasteiger partial charge in [-0.2, -0.15) is 0 Å². The van der Waals surface area contributed by atoms with Crippen LogP contribution in [-0.2, 0) is 0 Å². The molecule has 5 heteroatoms. The molecule has 19 heavy (non-hydrogen) atoms. The molecule has 0 saturated heterocycles. The molecule has 2 aromatic rings. The number of hydrogen-bond acceptors (Lipinski definition) is 1. The van der Waals surface area contributed by atoms with Crippen LogP contribution in [-0.4, -0.2) is 5.91 Å². The Labute approximate surface area is 129 Å². The summed E-state index contributed by atoms with van der Waals surface area (Å²) in [5, 5.41) is 3.29. The lowest BCUT2D eigenvalue weighted by Gasteiger charge is -2.10. The molecule has 0 radical (unpaired) electrons. The summed E-state index contributed by atoms with van der Waals surface area (Å²) in [6.45, 7) is 1.78. The predicted octanol–water partition coefficient (Wildman–Crippen LogP) is 4.64. The quantitative estimate of drug-likeness (QED) is 0.745. The van der Waals surface area contributed by atoms with Gasteiger partial charge in [0, 0.05) is 14.2 Å². The average molecular weight is 390 g/mol. The minimum absolute atomic E-state index is 0.260. The molecule has 98 valence electrons. The molecule has 0 aliphatic carbocycles. The summed E-state index contributed by atoms with van der Waals surface area (Å²) in [5.74, 6) is -0.592. The standard InChI is InChI=1S/C14H10ClFINO/c1-8-10(3-2-4-11(8)15)14(19)18-13-6-5-9(16)7-12(13)17/h2-7H,1H3,(H,18,19). The van der Waals surface area contributed by atoms with Crippen molar-refractivity contribution in [2.45, 2.75) is 6.92 Å². The highest BCUT2D eigenvalue weighted by atomic mass is 127. The van der Waals surface area contributed by atoms with E-state index in [1.54, 1.807) is 25.1 Å². The molecule has 2 rings (SSSR count). The molecule has 0 aromatic heterocycles. The second-order valence-corrected chi connectivity index (χ2v) is 5.56. The molecule has 0 aliphatic rings. The van der Waals surface area contributed by atoms with Crippen LogP contribution in [0.1, 0.15) is 15.9 Å². The van der Waals surface area contributed by atoms with Crippen molar-refractivity contribution in [3.63, 3.8) is 0 Å². The highest BCUT2D eigenvalue weighted by Crippen LogP contribution is 2.22. The van der Waals surface area contributed by atoms with Crippen LogP contribution in [0.3, 0.4) is 0 Å². The largest absolute Gasteiger partial charge is 0.321 e. The summed E-state index contributed by atoms with van der Waals surface area (Å²) in [6, 6.07) is 9.36. The number of carbonyl (C=O) groups excluding carboxylic acids is 1. The summed E-state index contributed by atoms with van der Waals surface area (Å²) in [7, 11) is 0. The van der Waals surface area contributed by atoms with Crippen LogP contribution in [0.5, 0.6) is 0 Å². The molecule has 0 aliphatic heterocycles. The average Bonchev–Trinajstić information content (AvgIpc) is 2.36. The lowest BCUT2D eigenvalue weighted by Crippen LogP contribution is -2.14. The second kappa shape index (κ2) is 5.88. The molecule has 0 fully saturated rings. The first-order chi connectivity index (χ1) is 8.99. The van der Waals surface area contributed by atoms with Gasteiger partial charge in [0.05, 0.1) is 5.69 Å². The van der Waals surface area contributed by atoms with Gasteiger partial charge in [-0.1, -0.05) is 17.7 Å². The molecule has 0 heterocycles. The number of hydrogen-bond donors (Lipinski definition) is 1. The van der Waals surface area contributed by atoms with Gasteiger partial charge in [0.2, 0.25) is 0 Å². The Hall–Kier alpha value is -1.14. The lowest BCUT2D eigenvalue weighted by atomic mass is 10.1. The van der Waals surface area contributed by atoms with Gasteiger partial charge < -0.3 is 5.32 Å². The first-order valence-electron chi connectivity index (χ1n) is 5.50. The van der Waals surface area contributed by atoms with E-state index < -0.39 is 0 Å². The number of anilines is 1. The number of rotatable bonds is 2. The monoisotopic (exact) mass is 389 g/mol. The molecule has 1 amide bonds. The molecule has 2 nitrogen and oxygen atoms in total. The van der Waals surface area contributed by atoms with Crippen molar-refractivity contribution in [1.29, 1.82) is 0 Å². The smallest absolute Gasteiger partial charge is 0.256 e. The van der Waals surface area contributed by atoms with Crippen molar-refractivity contribution in [2.24, 2.45) is 0 Å². The Balaban J connectivity index is 2.28. The van der Waals surface area contributed by atoms with E-state index in [0.717, 1.165) is 5.56 Å². The van der Waals surface area contributed by atoms with Crippen LogP contribution in [0.4, 0.5) is 10.1 Å². The summed E-state index contributed by atoms with van der Waals surface area (Å²) < 4.78 is 13.6. The van der Waals surface area contributed by atoms with Gasteiger partial charge in [-0.05, 0) is 65.4 Å². The second-order valence-electron chi connectivity index (χ2n) is 3.99. The minimum Gasteiger partial charge on any atom is -0.321 e. The normalized spacial score (nSPS) is 10.3. The number of benzene rings is 2. The highest BCUT2D eigenvalue weighted by molar-refractivity contribution is 14.1. The molecule has 2 aromatic carbocycles. The van der Waals surface area contributed by atoms with Gasteiger partial charge in [0.1, 0.15) is 5.82 Å². The third-order valence-corrected chi connectivity index (χ3v) is 3.99. The molecular weight excluding hydrogens is 380 g/mol. The van der Waals surface area contributed by atoms with Gasteiger partial charge in [0.25, 0.3) is 5.91 Å². The molecule has 0 spiro atoms. The summed E-state index contributed by atoms with van der Waals surface area (Å²) in [4.78, 5) is 12.2. The van der Waals surface area contributed by atoms with E-state index in [2.05, 4.69) is 5.32 Å². The summed E-state index contributed by atoms with van der Waals surface area (Å²) in [6.07, 6.45) is 0. The van der Waals surface area contributed by atoms with E-state index in [1.807, 2.05) is 22.6 Å². The van der Waals surface area contributed by atoms with Crippen LogP contribution >= 0.6 is 34.2 Å². The van der Waals surface area contributed by atoms with Gasteiger partial charge in [-0.3, -0.25) is 4.79 Å². The third-order valence-electron chi connectivity index (χ3n) is 2.69. The highest BCUT2D eigenvalue weighted by Gasteiger charge is 2.12. The molecule has 0 bridgehead atoms. The van der Waals surface area contributed by atoms with E-state index in [-0.39, 0.29) is 11.7 Å². The number of carbonyl (C=O) groups is 1. The van der Waals surface area contributed by atoms with Crippen LogP contribution in [0.15, 0.2) is 36.4 Å². The van der Waals surface area contributed by atoms with Crippen molar-refractivity contribution in [3.05, 3.63) is 61.9 Å². The maximum atomic E-state index is 13.0. The van der Waals surface area contributed by atoms with Crippen LogP contribution in [0.25, 0.3) is 0 Å². The third kappa shape index (κ3) is 3.25. The SMILES string of the molecule is Cc1c(Cl)cccc1C(=O)Nc1ccc(F)cc1I. The van der Waals surface area contributed by atoms with Gasteiger partial charge in [-0.25, -0.2) is 4.39 Å². The Morgan fingerprint density at radius 1 is 1.32 bits per heavy atom. The van der Waals surface area contributed by atoms with E-state index in [4.69, 9.17) is 11.6 Å². The Morgan fingerprint density at radius 3 is 2.74 bits per heavy atom. The zero-order valence-corrected chi connectivity index (χ0v) is 12.9. The Bertz CT molecular complexity index is 645. The van der Waals surface area contributed by atoms with Crippen molar-refractivity contribution in [3.8, 4) is 0 Å². The van der Waals surface area contributed by atoms with E-state index >= 15 is 0 Å². The van der Waals surface area contributed by atoms with Crippen molar-refractivity contribution in [2.75, 3.05) is 5.32 Å². The van der Waals surface area contributed by atoms with E-state index in [0.29, 0.717) is 19.8 Å². The molecule has 0 saturated carbocycles.